The van der Waals surface area contributed by atoms with Crippen LogP contribution in [-0.4, -0.2) is 53.0 Å². The largest absolute Gasteiger partial charge is 0.379 e. The number of benzene rings is 1. The second-order valence-corrected chi connectivity index (χ2v) is 9.85. The molecule has 2 N–H and O–H groups in total. The molecular weight excluding hydrogens is 362 g/mol. The number of methoxy groups -OCH3 is 1. The van der Waals surface area contributed by atoms with Crippen molar-refractivity contribution in [3.05, 3.63) is 35.9 Å². The Balaban J connectivity index is 2.49. The zero-order chi connectivity index (χ0) is 20.3. The van der Waals surface area contributed by atoms with E-state index in [2.05, 4.69) is 36.4 Å². The van der Waals surface area contributed by atoms with Crippen LogP contribution in [-0.2, 0) is 20.3 Å². The summed E-state index contributed by atoms with van der Waals surface area (Å²) in [6, 6.07) is 9.28. The number of ether oxygens (including phenoxy) is 1. The van der Waals surface area contributed by atoms with Crippen molar-refractivity contribution in [2.24, 2.45) is 10.4 Å². The van der Waals surface area contributed by atoms with Crippen molar-refractivity contribution >= 4 is 15.8 Å². The van der Waals surface area contributed by atoms with Gasteiger partial charge in [0.25, 0.3) is 0 Å². The molecule has 0 aliphatic heterocycles. The molecule has 1 unspecified atom stereocenters. The molecular formula is C20H35N3O3S. The van der Waals surface area contributed by atoms with Gasteiger partial charge in [0.1, 0.15) is 0 Å². The molecule has 154 valence electrons. The number of guanidine groups is 1. The van der Waals surface area contributed by atoms with Gasteiger partial charge in [-0.15, -0.1) is 0 Å². The predicted octanol–water partition coefficient (Wildman–Crippen LogP) is 2.61. The molecule has 0 bridgehead atoms. The van der Waals surface area contributed by atoms with Crippen LogP contribution >= 0.6 is 0 Å². The summed E-state index contributed by atoms with van der Waals surface area (Å²) >= 11 is 0. The number of rotatable bonds is 10. The van der Waals surface area contributed by atoms with Crippen molar-refractivity contribution in [2.75, 3.05) is 32.5 Å². The first kappa shape index (κ1) is 23.4. The maximum absolute atomic E-state index is 12.2. The number of nitrogens with one attached hydrogen (secondary N) is 2. The van der Waals surface area contributed by atoms with Crippen LogP contribution in [0.25, 0.3) is 0 Å². The summed E-state index contributed by atoms with van der Waals surface area (Å²) in [5, 5.41) is 6.39. The number of sulfone groups is 1. The molecule has 7 heteroatoms. The zero-order valence-corrected chi connectivity index (χ0v) is 18.1. The highest BCUT2D eigenvalue weighted by atomic mass is 32.2. The van der Waals surface area contributed by atoms with E-state index < -0.39 is 9.84 Å². The first-order valence-corrected chi connectivity index (χ1v) is 11.3. The van der Waals surface area contributed by atoms with E-state index in [-0.39, 0.29) is 23.0 Å². The molecule has 0 amide bonds. The Kier molecular flexibility index (Phi) is 9.80. The monoisotopic (exact) mass is 397 g/mol. The molecule has 0 saturated carbocycles. The Morgan fingerprint density at radius 3 is 2.41 bits per heavy atom. The van der Waals surface area contributed by atoms with Crippen LogP contribution in [0, 0.1) is 5.41 Å². The van der Waals surface area contributed by atoms with Crippen molar-refractivity contribution < 1.29 is 13.2 Å². The fraction of sp³-hybridized carbons (Fsp3) is 0.650. The minimum atomic E-state index is -3.11. The number of hydrogen-bond acceptors (Lipinski definition) is 4. The van der Waals surface area contributed by atoms with Gasteiger partial charge >= 0.3 is 0 Å². The molecule has 0 spiro atoms. The van der Waals surface area contributed by atoms with Crippen molar-refractivity contribution in [2.45, 2.75) is 46.0 Å². The van der Waals surface area contributed by atoms with E-state index in [0.29, 0.717) is 25.5 Å². The van der Waals surface area contributed by atoms with Gasteiger partial charge in [-0.25, -0.2) is 8.42 Å². The molecule has 1 rings (SSSR count). The van der Waals surface area contributed by atoms with E-state index in [1.54, 1.807) is 7.11 Å². The van der Waals surface area contributed by atoms with Gasteiger partial charge in [0.05, 0.1) is 24.2 Å². The van der Waals surface area contributed by atoms with Crippen LogP contribution in [0.1, 0.15) is 39.7 Å². The smallest absolute Gasteiger partial charge is 0.191 e. The molecule has 0 heterocycles. The molecule has 0 saturated heterocycles. The molecule has 1 aromatic rings. The fourth-order valence-electron chi connectivity index (χ4n) is 2.62. The second-order valence-electron chi connectivity index (χ2n) is 7.67. The molecule has 27 heavy (non-hydrogen) atoms. The molecule has 1 atom stereocenters. The number of hydrogen-bond donors (Lipinski definition) is 2. The Morgan fingerprint density at radius 2 is 1.85 bits per heavy atom. The SMILES string of the molecule is CCNC(=NCC(OC)C(C)(C)C)NCCCS(=O)(=O)Cc1ccccc1. The first-order valence-electron chi connectivity index (χ1n) is 9.47. The Hall–Kier alpha value is -1.60. The van der Waals surface area contributed by atoms with Crippen LogP contribution in [0.3, 0.4) is 0 Å². The molecule has 0 aliphatic rings. The average molecular weight is 398 g/mol. The van der Waals surface area contributed by atoms with Crippen LogP contribution < -0.4 is 10.6 Å². The highest BCUT2D eigenvalue weighted by Gasteiger charge is 2.24. The van der Waals surface area contributed by atoms with E-state index in [9.17, 15) is 8.42 Å². The quantitative estimate of drug-likeness (QED) is 0.360. The van der Waals surface area contributed by atoms with Gasteiger partial charge in [-0.05, 0) is 24.3 Å². The molecule has 0 radical (unpaired) electrons. The number of aliphatic imine (C=N–C) groups is 1. The normalized spacial score (nSPS) is 14.0. The summed E-state index contributed by atoms with van der Waals surface area (Å²) < 4.78 is 30.0. The first-order chi connectivity index (χ1) is 12.7. The summed E-state index contributed by atoms with van der Waals surface area (Å²) in [7, 11) is -1.42. The third kappa shape index (κ3) is 9.77. The van der Waals surface area contributed by atoms with Crippen LogP contribution in [0.15, 0.2) is 35.3 Å². The number of nitrogens with zero attached hydrogens (tertiary/aromatic N) is 1. The summed E-state index contributed by atoms with van der Waals surface area (Å²) in [5.74, 6) is 0.921. The predicted molar refractivity (Wildman–Crippen MR) is 113 cm³/mol. The van der Waals surface area contributed by atoms with Gasteiger partial charge in [0.2, 0.25) is 0 Å². The van der Waals surface area contributed by atoms with Gasteiger partial charge in [0.15, 0.2) is 15.8 Å². The molecule has 1 aromatic carbocycles. The molecule has 6 nitrogen and oxygen atoms in total. The van der Waals surface area contributed by atoms with E-state index in [4.69, 9.17) is 4.74 Å². The minimum absolute atomic E-state index is 0.00108. The lowest BCUT2D eigenvalue weighted by Gasteiger charge is -2.28. The minimum Gasteiger partial charge on any atom is -0.379 e. The van der Waals surface area contributed by atoms with Crippen molar-refractivity contribution in [1.29, 1.82) is 0 Å². The molecule has 0 aliphatic carbocycles. The average Bonchev–Trinajstić information content (AvgIpc) is 2.58. The van der Waals surface area contributed by atoms with Gasteiger partial charge < -0.3 is 15.4 Å². The van der Waals surface area contributed by atoms with Gasteiger partial charge in [-0.1, -0.05) is 51.1 Å². The third-order valence-electron chi connectivity index (χ3n) is 4.16. The van der Waals surface area contributed by atoms with Crippen molar-refractivity contribution in [3.63, 3.8) is 0 Å². The topological polar surface area (TPSA) is 79.8 Å². The fourth-order valence-corrected chi connectivity index (χ4v) is 4.05. The second kappa shape index (κ2) is 11.3. The zero-order valence-electron chi connectivity index (χ0n) is 17.3. The van der Waals surface area contributed by atoms with E-state index >= 15 is 0 Å². The van der Waals surface area contributed by atoms with Gasteiger partial charge in [-0.2, -0.15) is 0 Å². The van der Waals surface area contributed by atoms with Crippen molar-refractivity contribution in [1.82, 2.24) is 10.6 Å². The highest BCUT2D eigenvalue weighted by molar-refractivity contribution is 7.90. The Bertz CT molecular complexity index is 667. The standard InChI is InChI=1S/C20H35N3O3S/c1-6-21-19(23-15-18(26-5)20(2,3)4)22-13-10-14-27(24,25)16-17-11-8-7-9-12-17/h7-9,11-12,18H,6,10,13-16H2,1-5H3,(H2,21,22,23). The van der Waals surface area contributed by atoms with Gasteiger partial charge in [-0.3, -0.25) is 4.99 Å². The summed E-state index contributed by atoms with van der Waals surface area (Å²) in [4.78, 5) is 4.57. The molecule has 0 fully saturated rings. The summed E-state index contributed by atoms with van der Waals surface area (Å²) in [6.45, 7) is 10.2. The molecule has 0 aromatic heterocycles. The summed E-state index contributed by atoms with van der Waals surface area (Å²) in [6.07, 6.45) is 0.547. The lowest BCUT2D eigenvalue weighted by atomic mass is 9.89. The summed E-state index contributed by atoms with van der Waals surface area (Å²) in [5.41, 5.74) is 0.828. The van der Waals surface area contributed by atoms with E-state index in [0.717, 1.165) is 12.1 Å². The van der Waals surface area contributed by atoms with Gasteiger partial charge in [0, 0.05) is 20.2 Å². The van der Waals surface area contributed by atoms with E-state index in [1.165, 1.54) is 0 Å². The maximum Gasteiger partial charge on any atom is 0.191 e. The van der Waals surface area contributed by atoms with Crippen LogP contribution in [0.5, 0.6) is 0 Å². The van der Waals surface area contributed by atoms with Crippen molar-refractivity contribution in [3.8, 4) is 0 Å². The lowest BCUT2D eigenvalue weighted by molar-refractivity contribution is 0.0241. The highest BCUT2D eigenvalue weighted by Crippen LogP contribution is 2.21. The van der Waals surface area contributed by atoms with Crippen LogP contribution in [0.4, 0.5) is 0 Å². The third-order valence-corrected chi connectivity index (χ3v) is 5.85. The lowest BCUT2D eigenvalue weighted by Crippen LogP contribution is -2.40. The van der Waals surface area contributed by atoms with E-state index in [1.807, 2.05) is 37.3 Å². The van der Waals surface area contributed by atoms with Crippen LogP contribution in [0.2, 0.25) is 0 Å². The Morgan fingerprint density at radius 1 is 1.19 bits per heavy atom. The maximum atomic E-state index is 12.2. The Labute approximate surface area is 164 Å².